The summed E-state index contributed by atoms with van der Waals surface area (Å²) in [6.45, 7) is 3.39. The molecule has 0 aliphatic carbocycles. The van der Waals surface area contributed by atoms with Crippen LogP contribution in [0.2, 0.25) is 0 Å². The molecule has 2 aromatic heterocycles. The minimum absolute atomic E-state index is 0.535. The average Bonchev–Trinajstić information content (AvgIpc) is 2.76. The first-order chi connectivity index (χ1) is 7.20. The van der Waals surface area contributed by atoms with E-state index in [-0.39, 0.29) is 0 Å². The third-order valence-corrected chi connectivity index (χ3v) is 3.96. The van der Waals surface area contributed by atoms with Gasteiger partial charge in [0.25, 0.3) is 0 Å². The third kappa shape index (κ3) is 2.30. The molecule has 2 rings (SSSR count). The maximum atomic E-state index is 5.66. The molecule has 2 heterocycles. The van der Waals surface area contributed by atoms with E-state index in [2.05, 4.69) is 36.9 Å². The van der Waals surface area contributed by atoms with Crippen molar-refractivity contribution in [1.82, 2.24) is 9.55 Å². The van der Waals surface area contributed by atoms with Crippen LogP contribution in [0.3, 0.4) is 0 Å². The molecule has 0 saturated heterocycles. The van der Waals surface area contributed by atoms with Gasteiger partial charge in [0.15, 0.2) is 0 Å². The minimum Gasteiger partial charge on any atom is -0.326 e. The Morgan fingerprint density at radius 2 is 2.40 bits per heavy atom. The van der Waals surface area contributed by atoms with Crippen LogP contribution in [0.25, 0.3) is 0 Å². The maximum Gasteiger partial charge on any atom is 0.106 e. The van der Waals surface area contributed by atoms with Gasteiger partial charge in [-0.3, -0.25) is 0 Å². The van der Waals surface area contributed by atoms with Crippen molar-refractivity contribution in [3.8, 4) is 0 Å². The zero-order valence-corrected chi connectivity index (χ0v) is 10.8. The Bertz CT molecular complexity index is 461. The van der Waals surface area contributed by atoms with E-state index in [4.69, 9.17) is 5.73 Å². The number of nitrogens with two attached hydrogens (primary N) is 1. The van der Waals surface area contributed by atoms with E-state index < -0.39 is 0 Å². The monoisotopic (exact) mass is 285 g/mol. The van der Waals surface area contributed by atoms with Gasteiger partial charge in [0.1, 0.15) is 5.82 Å². The summed E-state index contributed by atoms with van der Waals surface area (Å²) in [5.74, 6) is 1.01. The summed E-state index contributed by atoms with van der Waals surface area (Å²) in [6, 6.07) is 2.13. The van der Waals surface area contributed by atoms with Crippen molar-refractivity contribution in [2.24, 2.45) is 5.73 Å². The quantitative estimate of drug-likeness (QED) is 0.942. The summed E-state index contributed by atoms with van der Waals surface area (Å²) in [4.78, 5) is 5.57. The van der Waals surface area contributed by atoms with Gasteiger partial charge < -0.3 is 10.3 Å². The predicted octanol–water partition coefficient (Wildman–Crippen LogP) is 2.52. The molecule has 0 atom stereocenters. The molecule has 0 spiro atoms. The summed E-state index contributed by atoms with van der Waals surface area (Å²) in [5.41, 5.74) is 6.74. The van der Waals surface area contributed by atoms with Crippen LogP contribution in [0.15, 0.2) is 22.1 Å². The van der Waals surface area contributed by atoms with E-state index in [1.54, 1.807) is 11.3 Å². The second kappa shape index (κ2) is 4.47. The smallest absolute Gasteiger partial charge is 0.106 e. The standard InChI is InChI=1S/C10H12BrN3S/c1-7-13-4-9(3-12)14(7)5-10-2-8(11)6-15-10/h2,4,6H,3,5,12H2,1H3. The lowest BCUT2D eigenvalue weighted by Crippen LogP contribution is -2.08. The van der Waals surface area contributed by atoms with E-state index >= 15 is 0 Å². The van der Waals surface area contributed by atoms with Crippen molar-refractivity contribution in [3.05, 3.63) is 38.5 Å². The normalized spacial score (nSPS) is 10.9. The molecule has 0 unspecified atom stereocenters. The number of hydrogen-bond donors (Lipinski definition) is 1. The highest BCUT2D eigenvalue weighted by atomic mass is 79.9. The Morgan fingerprint density at radius 3 is 3.00 bits per heavy atom. The topological polar surface area (TPSA) is 43.8 Å². The van der Waals surface area contributed by atoms with Crippen molar-refractivity contribution in [2.45, 2.75) is 20.0 Å². The Morgan fingerprint density at radius 1 is 1.60 bits per heavy atom. The van der Waals surface area contributed by atoms with E-state index in [1.807, 2.05) is 13.1 Å². The molecule has 0 saturated carbocycles. The van der Waals surface area contributed by atoms with Crippen molar-refractivity contribution in [1.29, 1.82) is 0 Å². The summed E-state index contributed by atoms with van der Waals surface area (Å²) < 4.78 is 3.28. The van der Waals surface area contributed by atoms with Crippen LogP contribution in [0.5, 0.6) is 0 Å². The molecular formula is C10H12BrN3S. The Kier molecular flexibility index (Phi) is 3.23. The van der Waals surface area contributed by atoms with E-state index in [1.165, 1.54) is 4.88 Å². The van der Waals surface area contributed by atoms with E-state index in [0.717, 1.165) is 22.5 Å². The molecular weight excluding hydrogens is 274 g/mol. The zero-order valence-electron chi connectivity index (χ0n) is 8.40. The molecule has 80 valence electrons. The van der Waals surface area contributed by atoms with Crippen molar-refractivity contribution < 1.29 is 0 Å². The molecule has 0 bridgehead atoms. The molecule has 3 nitrogen and oxygen atoms in total. The Hall–Kier alpha value is -0.650. The van der Waals surface area contributed by atoms with Gasteiger partial charge in [-0.05, 0) is 28.9 Å². The lowest BCUT2D eigenvalue weighted by atomic mass is 10.4. The largest absolute Gasteiger partial charge is 0.326 e. The van der Waals surface area contributed by atoms with E-state index in [0.29, 0.717) is 6.54 Å². The van der Waals surface area contributed by atoms with Crippen molar-refractivity contribution in [2.75, 3.05) is 0 Å². The number of aromatic nitrogens is 2. The molecule has 2 aromatic rings. The second-order valence-corrected chi connectivity index (χ2v) is 5.23. The molecule has 5 heteroatoms. The van der Waals surface area contributed by atoms with Crippen LogP contribution in [0.1, 0.15) is 16.4 Å². The highest BCUT2D eigenvalue weighted by molar-refractivity contribution is 9.10. The van der Waals surface area contributed by atoms with Gasteiger partial charge in [-0.25, -0.2) is 4.98 Å². The number of halogens is 1. The SMILES string of the molecule is Cc1ncc(CN)n1Cc1cc(Br)cs1. The van der Waals surface area contributed by atoms with Gasteiger partial charge in [-0.15, -0.1) is 11.3 Å². The lowest BCUT2D eigenvalue weighted by molar-refractivity contribution is 0.721. The fourth-order valence-corrected chi connectivity index (χ4v) is 2.93. The van der Waals surface area contributed by atoms with Crippen LogP contribution in [-0.4, -0.2) is 9.55 Å². The van der Waals surface area contributed by atoms with Crippen molar-refractivity contribution in [3.63, 3.8) is 0 Å². The van der Waals surface area contributed by atoms with Gasteiger partial charge >= 0.3 is 0 Å². The van der Waals surface area contributed by atoms with E-state index in [9.17, 15) is 0 Å². The van der Waals surface area contributed by atoms with Gasteiger partial charge in [0.05, 0.1) is 12.2 Å². The maximum absolute atomic E-state index is 5.66. The predicted molar refractivity (Wildman–Crippen MR) is 66.0 cm³/mol. The number of rotatable bonds is 3. The number of imidazole rings is 1. The van der Waals surface area contributed by atoms with Crippen LogP contribution in [-0.2, 0) is 13.1 Å². The Balaban J connectivity index is 2.26. The highest BCUT2D eigenvalue weighted by Gasteiger charge is 2.06. The first kappa shape index (κ1) is 10.9. The molecule has 2 N–H and O–H groups in total. The lowest BCUT2D eigenvalue weighted by Gasteiger charge is -2.06. The fourth-order valence-electron chi connectivity index (χ4n) is 1.49. The van der Waals surface area contributed by atoms with Crippen LogP contribution >= 0.6 is 27.3 Å². The summed E-state index contributed by atoms with van der Waals surface area (Å²) >= 11 is 5.19. The highest BCUT2D eigenvalue weighted by Crippen LogP contribution is 2.21. The number of thiophene rings is 1. The summed E-state index contributed by atoms with van der Waals surface area (Å²) in [6.07, 6.45) is 1.85. The molecule has 0 radical (unpaired) electrons. The molecule has 15 heavy (non-hydrogen) atoms. The number of nitrogens with zero attached hydrogens (tertiary/aromatic N) is 2. The minimum atomic E-state index is 0.535. The first-order valence-electron chi connectivity index (χ1n) is 4.64. The fraction of sp³-hybridized carbons (Fsp3) is 0.300. The van der Waals surface area contributed by atoms with Crippen LogP contribution < -0.4 is 5.73 Å². The van der Waals surface area contributed by atoms with Crippen LogP contribution in [0, 0.1) is 6.92 Å². The van der Waals surface area contributed by atoms with Crippen molar-refractivity contribution >= 4 is 27.3 Å². The number of hydrogen-bond acceptors (Lipinski definition) is 3. The van der Waals surface area contributed by atoms with Gasteiger partial charge in [-0.2, -0.15) is 0 Å². The zero-order chi connectivity index (χ0) is 10.8. The molecule has 0 aliphatic heterocycles. The molecule has 0 amide bonds. The third-order valence-electron chi connectivity index (χ3n) is 2.28. The van der Waals surface area contributed by atoms with Gasteiger partial charge in [0, 0.05) is 27.5 Å². The van der Waals surface area contributed by atoms with Gasteiger partial charge in [0.2, 0.25) is 0 Å². The molecule has 0 fully saturated rings. The van der Waals surface area contributed by atoms with Gasteiger partial charge in [-0.1, -0.05) is 0 Å². The second-order valence-electron chi connectivity index (χ2n) is 3.32. The first-order valence-corrected chi connectivity index (χ1v) is 6.32. The molecule has 0 aliphatic rings. The summed E-state index contributed by atoms with van der Waals surface area (Å²) in [7, 11) is 0. The molecule has 0 aromatic carbocycles. The average molecular weight is 286 g/mol. The summed E-state index contributed by atoms with van der Waals surface area (Å²) in [5, 5.41) is 2.09. The van der Waals surface area contributed by atoms with Crippen LogP contribution in [0.4, 0.5) is 0 Å². The Labute approximate surface area is 101 Å². The number of aryl methyl sites for hydroxylation is 1.